The van der Waals surface area contributed by atoms with Gasteiger partial charge in [-0.15, -0.1) is 0 Å². The lowest BCUT2D eigenvalue weighted by Gasteiger charge is -2.28. The first kappa shape index (κ1) is 10.7. The Balaban J connectivity index is 2.18. The molecule has 2 aliphatic rings. The van der Waals surface area contributed by atoms with Crippen LogP contribution in [0.15, 0.2) is 12.2 Å². The zero-order chi connectivity index (χ0) is 10.9. The summed E-state index contributed by atoms with van der Waals surface area (Å²) >= 11 is 0. The van der Waals surface area contributed by atoms with Crippen LogP contribution >= 0.6 is 0 Å². The van der Waals surface area contributed by atoms with Gasteiger partial charge in [0.25, 0.3) is 0 Å². The van der Waals surface area contributed by atoms with E-state index in [0.717, 1.165) is 12.8 Å². The lowest BCUT2D eigenvalue weighted by Crippen LogP contribution is -2.39. The van der Waals surface area contributed by atoms with Crippen LogP contribution in [0.25, 0.3) is 0 Å². The number of hydrogen-bond donors (Lipinski definition) is 1. The van der Waals surface area contributed by atoms with Gasteiger partial charge in [0.1, 0.15) is 0 Å². The van der Waals surface area contributed by atoms with Gasteiger partial charge in [0, 0.05) is 6.61 Å². The van der Waals surface area contributed by atoms with Gasteiger partial charge in [0.2, 0.25) is 0 Å². The van der Waals surface area contributed by atoms with Crippen molar-refractivity contribution in [1.82, 2.24) is 0 Å². The molecule has 2 rings (SSSR count). The van der Waals surface area contributed by atoms with E-state index in [0.29, 0.717) is 25.4 Å². The van der Waals surface area contributed by atoms with E-state index in [2.05, 4.69) is 0 Å². The molecule has 0 aromatic carbocycles. The van der Waals surface area contributed by atoms with Crippen molar-refractivity contribution in [2.24, 2.45) is 11.3 Å². The molecule has 84 valence electrons. The second-order valence-electron chi connectivity index (χ2n) is 4.61. The van der Waals surface area contributed by atoms with Crippen molar-refractivity contribution in [2.45, 2.75) is 38.7 Å². The average molecular weight is 210 g/mol. The lowest BCUT2D eigenvalue weighted by molar-refractivity contribution is -0.153. The van der Waals surface area contributed by atoms with E-state index in [1.54, 1.807) is 0 Å². The number of carboxylic acid groups (broad SMARTS) is 1. The van der Waals surface area contributed by atoms with Gasteiger partial charge >= 0.3 is 5.97 Å². The molecule has 0 radical (unpaired) electrons. The van der Waals surface area contributed by atoms with Crippen molar-refractivity contribution in [3.05, 3.63) is 12.2 Å². The van der Waals surface area contributed by atoms with Crippen LogP contribution in [0, 0.1) is 11.3 Å². The summed E-state index contributed by atoms with van der Waals surface area (Å²) in [6, 6.07) is 0. The van der Waals surface area contributed by atoms with Gasteiger partial charge in [-0.2, -0.15) is 0 Å². The van der Waals surface area contributed by atoms with Crippen LogP contribution in [0.5, 0.6) is 0 Å². The Hall–Kier alpha value is -0.830. The van der Waals surface area contributed by atoms with Crippen molar-refractivity contribution in [3.63, 3.8) is 0 Å². The summed E-state index contributed by atoms with van der Waals surface area (Å²) < 4.78 is 5.64. The van der Waals surface area contributed by atoms with Crippen molar-refractivity contribution >= 4 is 5.97 Å². The zero-order valence-corrected chi connectivity index (χ0v) is 9.11. The molecular weight excluding hydrogens is 192 g/mol. The molecule has 0 aromatic rings. The molecule has 1 aliphatic carbocycles. The number of rotatable bonds is 4. The standard InChI is InChI=1S/C12H18O3/c1-2-3-6-12(11(13)14)7-8-15-10(12)9-4-5-9/h2-3,9-10H,4-8H2,1H3,(H,13,14)/b3-2+. The van der Waals surface area contributed by atoms with Gasteiger partial charge in [-0.3, -0.25) is 4.79 Å². The fraction of sp³-hybridized carbons (Fsp3) is 0.750. The second kappa shape index (κ2) is 3.97. The summed E-state index contributed by atoms with van der Waals surface area (Å²) in [4.78, 5) is 11.5. The molecule has 3 nitrogen and oxygen atoms in total. The predicted octanol–water partition coefficient (Wildman–Crippen LogP) is 2.22. The summed E-state index contributed by atoms with van der Waals surface area (Å²) in [6.07, 6.45) is 7.37. The topological polar surface area (TPSA) is 46.5 Å². The highest BCUT2D eigenvalue weighted by Gasteiger charge is 2.55. The first-order chi connectivity index (χ1) is 7.20. The molecule has 1 saturated heterocycles. The Morgan fingerprint density at radius 3 is 2.87 bits per heavy atom. The van der Waals surface area contributed by atoms with Crippen LogP contribution in [0.4, 0.5) is 0 Å². The van der Waals surface area contributed by atoms with Gasteiger partial charge in [0.05, 0.1) is 11.5 Å². The number of ether oxygens (including phenoxy) is 1. The molecule has 1 aliphatic heterocycles. The third kappa shape index (κ3) is 1.81. The number of hydrogen-bond acceptors (Lipinski definition) is 2. The van der Waals surface area contributed by atoms with Gasteiger partial charge in [-0.25, -0.2) is 0 Å². The van der Waals surface area contributed by atoms with Crippen LogP contribution in [-0.2, 0) is 9.53 Å². The highest BCUT2D eigenvalue weighted by atomic mass is 16.5. The van der Waals surface area contributed by atoms with Crippen molar-refractivity contribution < 1.29 is 14.6 Å². The zero-order valence-electron chi connectivity index (χ0n) is 9.11. The number of carboxylic acids is 1. The average Bonchev–Trinajstić information content (AvgIpc) is 2.96. The van der Waals surface area contributed by atoms with Crippen LogP contribution in [0.1, 0.15) is 32.6 Å². The highest BCUT2D eigenvalue weighted by molar-refractivity contribution is 5.76. The fourth-order valence-electron chi connectivity index (χ4n) is 2.52. The summed E-state index contributed by atoms with van der Waals surface area (Å²) in [5.74, 6) is -0.191. The Morgan fingerprint density at radius 1 is 1.60 bits per heavy atom. The van der Waals surface area contributed by atoms with Crippen LogP contribution in [-0.4, -0.2) is 23.8 Å². The molecule has 2 unspecified atom stereocenters. The van der Waals surface area contributed by atoms with Crippen molar-refractivity contribution in [1.29, 1.82) is 0 Å². The first-order valence-corrected chi connectivity index (χ1v) is 5.67. The maximum atomic E-state index is 11.5. The SMILES string of the molecule is C/C=C/CC1(C(=O)O)CCOC1C1CC1. The minimum absolute atomic E-state index is 0.0498. The molecule has 0 aromatic heterocycles. The molecule has 1 N–H and O–H groups in total. The number of allylic oxidation sites excluding steroid dienone is 2. The summed E-state index contributed by atoms with van der Waals surface area (Å²) in [5.41, 5.74) is -0.645. The Kier molecular flexibility index (Phi) is 2.83. The highest BCUT2D eigenvalue weighted by Crippen LogP contribution is 2.49. The van der Waals surface area contributed by atoms with Crippen molar-refractivity contribution in [2.75, 3.05) is 6.61 Å². The molecule has 0 spiro atoms. The monoisotopic (exact) mass is 210 g/mol. The largest absolute Gasteiger partial charge is 0.481 e. The molecule has 0 bridgehead atoms. The van der Waals surface area contributed by atoms with Crippen LogP contribution in [0.3, 0.4) is 0 Å². The van der Waals surface area contributed by atoms with Crippen LogP contribution in [0.2, 0.25) is 0 Å². The van der Waals surface area contributed by atoms with E-state index in [4.69, 9.17) is 4.74 Å². The second-order valence-corrected chi connectivity index (χ2v) is 4.61. The lowest BCUT2D eigenvalue weighted by atomic mass is 9.76. The molecule has 0 amide bonds. The Labute approximate surface area is 90.1 Å². The summed E-state index contributed by atoms with van der Waals surface area (Å²) in [6.45, 7) is 2.53. The molecule has 2 fully saturated rings. The summed E-state index contributed by atoms with van der Waals surface area (Å²) in [7, 11) is 0. The van der Waals surface area contributed by atoms with E-state index < -0.39 is 11.4 Å². The fourth-order valence-corrected chi connectivity index (χ4v) is 2.52. The van der Waals surface area contributed by atoms with E-state index in [1.807, 2.05) is 19.1 Å². The third-order valence-corrected chi connectivity index (χ3v) is 3.58. The first-order valence-electron chi connectivity index (χ1n) is 5.67. The van der Waals surface area contributed by atoms with E-state index in [9.17, 15) is 9.90 Å². The normalized spacial score (nSPS) is 36.2. The molecule has 1 saturated carbocycles. The molecule has 3 heteroatoms. The van der Waals surface area contributed by atoms with Gasteiger partial charge in [0.15, 0.2) is 0 Å². The number of carbonyl (C=O) groups is 1. The predicted molar refractivity (Wildman–Crippen MR) is 56.6 cm³/mol. The van der Waals surface area contributed by atoms with Crippen molar-refractivity contribution in [3.8, 4) is 0 Å². The molecule has 2 atom stereocenters. The minimum atomic E-state index is -0.685. The maximum Gasteiger partial charge on any atom is 0.312 e. The Bertz CT molecular complexity index is 281. The Morgan fingerprint density at radius 2 is 2.33 bits per heavy atom. The quantitative estimate of drug-likeness (QED) is 0.724. The van der Waals surface area contributed by atoms with Crippen LogP contribution < -0.4 is 0 Å². The molecular formula is C12H18O3. The minimum Gasteiger partial charge on any atom is -0.481 e. The van der Waals surface area contributed by atoms with Gasteiger partial charge in [-0.05, 0) is 38.5 Å². The smallest absolute Gasteiger partial charge is 0.312 e. The molecule has 1 heterocycles. The molecule has 15 heavy (non-hydrogen) atoms. The van der Waals surface area contributed by atoms with Gasteiger partial charge in [-0.1, -0.05) is 12.2 Å². The summed E-state index contributed by atoms with van der Waals surface area (Å²) in [5, 5.41) is 9.42. The maximum absolute atomic E-state index is 11.5. The van der Waals surface area contributed by atoms with Gasteiger partial charge < -0.3 is 9.84 Å². The third-order valence-electron chi connectivity index (χ3n) is 3.58. The van der Waals surface area contributed by atoms with E-state index in [-0.39, 0.29) is 6.10 Å². The van der Waals surface area contributed by atoms with E-state index in [1.165, 1.54) is 0 Å². The van der Waals surface area contributed by atoms with E-state index >= 15 is 0 Å². The number of aliphatic carboxylic acids is 1.